The van der Waals surface area contributed by atoms with Crippen molar-refractivity contribution < 1.29 is 4.74 Å². The van der Waals surface area contributed by atoms with E-state index in [2.05, 4.69) is 11.8 Å². The van der Waals surface area contributed by atoms with E-state index in [4.69, 9.17) is 33.7 Å². The van der Waals surface area contributed by atoms with Gasteiger partial charge in [-0.05, 0) is 31.4 Å². The lowest BCUT2D eigenvalue weighted by Crippen LogP contribution is -2.40. The lowest BCUT2D eigenvalue weighted by Gasteiger charge is -2.35. The van der Waals surface area contributed by atoms with Crippen LogP contribution in [0.5, 0.6) is 0 Å². The summed E-state index contributed by atoms with van der Waals surface area (Å²) in [6, 6.07) is 3.50. The molecule has 1 aliphatic heterocycles. The first-order valence-corrected chi connectivity index (χ1v) is 7.48. The van der Waals surface area contributed by atoms with Crippen molar-refractivity contribution >= 4 is 34.6 Å². The van der Waals surface area contributed by atoms with Crippen molar-refractivity contribution in [1.29, 1.82) is 0 Å². The van der Waals surface area contributed by atoms with Gasteiger partial charge in [0.1, 0.15) is 0 Å². The Hall–Kier alpha value is -0.640. The average Bonchev–Trinajstić information content (AvgIpc) is 2.35. The van der Waals surface area contributed by atoms with E-state index in [1.54, 1.807) is 12.1 Å². The van der Waals surface area contributed by atoms with Gasteiger partial charge in [-0.1, -0.05) is 30.1 Å². The maximum Gasteiger partial charge on any atom is 0.0750 e. The summed E-state index contributed by atoms with van der Waals surface area (Å²) >= 11 is 12.5. The Balaban J connectivity index is 2.13. The van der Waals surface area contributed by atoms with Crippen molar-refractivity contribution in [2.24, 2.45) is 0 Å². The number of nitrogens with two attached hydrogens (primary N) is 1. The maximum absolute atomic E-state index is 6.27. The van der Waals surface area contributed by atoms with E-state index in [0.29, 0.717) is 15.7 Å². The van der Waals surface area contributed by atoms with E-state index in [1.165, 1.54) is 0 Å². The van der Waals surface area contributed by atoms with Gasteiger partial charge in [0, 0.05) is 25.4 Å². The fourth-order valence-corrected chi connectivity index (χ4v) is 3.19. The third-order valence-corrected chi connectivity index (χ3v) is 3.87. The highest BCUT2D eigenvalue weighted by Gasteiger charge is 2.23. The van der Waals surface area contributed by atoms with Gasteiger partial charge in [0.25, 0.3) is 0 Å². The summed E-state index contributed by atoms with van der Waals surface area (Å²) in [7, 11) is 0. The topological polar surface area (TPSA) is 38.5 Å². The largest absolute Gasteiger partial charge is 0.399 e. The molecule has 1 heterocycles. The summed E-state index contributed by atoms with van der Waals surface area (Å²) in [5, 5.41) is 1.22. The number of nitrogens with zero attached hydrogens (tertiary/aromatic N) is 1. The molecule has 0 spiro atoms. The van der Waals surface area contributed by atoms with Crippen LogP contribution in [-0.4, -0.2) is 25.8 Å². The molecule has 1 saturated heterocycles. The normalized spacial score (nSPS) is 19.7. The first-order chi connectivity index (χ1) is 9.11. The molecule has 0 saturated carbocycles. The highest BCUT2D eigenvalue weighted by molar-refractivity contribution is 6.39. The monoisotopic (exact) mass is 302 g/mol. The Kier molecular flexibility index (Phi) is 5.20. The van der Waals surface area contributed by atoms with Crippen molar-refractivity contribution in [3.8, 4) is 0 Å². The number of benzene rings is 1. The van der Waals surface area contributed by atoms with Crippen LogP contribution in [0.25, 0.3) is 0 Å². The van der Waals surface area contributed by atoms with Gasteiger partial charge < -0.3 is 15.4 Å². The average molecular weight is 303 g/mol. The number of ether oxygens (including phenoxy) is 1. The van der Waals surface area contributed by atoms with Crippen LogP contribution < -0.4 is 10.6 Å². The van der Waals surface area contributed by atoms with E-state index in [9.17, 15) is 0 Å². The molecule has 19 heavy (non-hydrogen) atoms. The number of rotatable bonds is 4. The molecule has 1 aromatic rings. The van der Waals surface area contributed by atoms with Gasteiger partial charge in [0.05, 0.1) is 21.8 Å². The predicted molar refractivity (Wildman–Crippen MR) is 82.4 cm³/mol. The molecule has 106 valence electrons. The molecular formula is C14H20Cl2N2O. The molecule has 5 heteroatoms. The second kappa shape index (κ2) is 6.69. The van der Waals surface area contributed by atoms with Crippen molar-refractivity contribution in [2.45, 2.75) is 32.3 Å². The van der Waals surface area contributed by atoms with Gasteiger partial charge in [-0.25, -0.2) is 0 Å². The molecule has 0 radical (unpaired) electrons. The predicted octanol–water partition coefficient (Wildman–Crippen LogP) is 3.97. The standard InChI is InChI=1S/C14H20Cl2N2O/c1-2-6-19-11-4-3-5-18(9-11)14-12(15)7-10(17)8-13(14)16/h7-8,11H,2-6,9,17H2,1H3. The molecular weight excluding hydrogens is 283 g/mol. The Labute approximate surface area is 124 Å². The molecule has 0 aliphatic carbocycles. The first kappa shape index (κ1) is 14.8. The zero-order valence-corrected chi connectivity index (χ0v) is 12.7. The third kappa shape index (κ3) is 3.68. The lowest BCUT2D eigenvalue weighted by molar-refractivity contribution is 0.0441. The minimum Gasteiger partial charge on any atom is -0.399 e. The van der Waals surface area contributed by atoms with Gasteiger partial charge in [-0.15, -0.1) is 0 Å². The number of hydrogen-bond acceptors (Lipinski definition) is 3. The van der Waals surface area contributed by atoms with Crippen LogP contribution in [-0.2, 0) is 4.74 Å². The molecule has 0 bridgehead atoms. The molecule has 2 rings (SSSR count). The van der Waals surface area contributed by atoms with Gasteiger partial charge in [0.2, 0.25) is 0 Å². The minimum atomic E-state index is 0.262. The molecule has 1 unspecified atom stereocenters. The van der Waals surface area contributed by atoms with Crippen molar-refractivity contribution in [3.63, 3.8) is 0 Å². The van der Waals surface area contributed by atoms with Crippen LogP contribution in [0.3, 0.4) is 0 Å². The van der Waals surface area contributed by atoms with E-state index >= 15 is 0 Å². The van der Waals surface area contributed by atoms with E-state index < -0.39 is 0 Å². The Morgan fingerprint density at radius 1 is 1.37 bits per heavy atom. The zero-order valence-electron chi connectivity index (χ0n) is 11.2. The van der Waals surface area contributed by atoms with Crippen LogP contribution in [0.1, 0.15) is 26.2 Å². The number of hydrogen-bond donors (Lipinski definition) is 1. The lowest BCUT2D eigenvalue weighted by atomic mass is 10.1. The summed E-state index contributed by atoms with van der Waals surface area (Å²) < 4.78 is 5.83. The zero-order chi connectivity index (χ0) is 13.8. The smallest absolute Gasteiger partial charge is 0.0750 e. The molecule has 0 aromatic heterocycles. The molecule has 2 N–H and O–H groups in total. The van der Waals surface area contributed by atoms with Crippen LogP contribution in [0, 0.1) is 0 Å². The summed E-state index contributed by atoms with van der Waals surface area (Å²) in [5.74, 6) is 0. The van der Waals surface area contributed by atoms with Crippen LogP contribution in [0.2, 0.25) is 10.0 Å². The van der Waals surface area contributed by atoms with E-state index in [-0.39, 0.29) is 6.10 Å². The Morgan fingerprint density at radius 3 is 2.68 bits per heavy atom. The van der Waals surface area contributed by atoms with Crippen LogP contribution in [0.15, 0.2) is 12.1 Å². The highest BCUT2D eigenvalue weighted by atomic mass is 35.5. The number of halogens is 2. The molecule has 1 aromatic carbocycles. The Morgan fingerprint density at radius 2 is 2.05 bits per heavy atom. The van der Waals surface area contributed by atoms with Gasteiger partial charge >= 0.3 is 0 Å². The van der Waals surface area contributed by atoms with Crippen molar-refractivity contribution in [2.75, 3.05) is 30.3 Å². The SMILES string of the molecule is CCCOC1CCCN(c2c(Cl)cc(N)cc2Cl)C1. The van der Waals surface area contributed by atoms with E-state index in [1.807, 2.05) is 0 Å². The minimum absolute atomic E-state index is 0.262. The van der Waals surface area contributed by atoms with Crippen LogP contribution >= 0.6 is 23.2 Å². The van der Waals surface area contributed by atoms with Crippen molar-refractivity contribution in [3.05, 3.63) is 22.2 Å². The number of piperidine rings is 1. The number of nitrogen functional groups attached to an aromatic ring is 1. The van der Waals surface area contributed by atoms with Gasteiger partial charge in [-0.3, -0.25) is 0 Å². The Bertz CT molecular complexity index is 416. The fourth-order valence-electron chi connectivity index (χ4n) is 2.45. The summed E-state index contributed by atoms with van der Waals surface area (Å²) in [4.78, 5) is 2.20. The van der Waals surface area contributed by atoms with Gasteiger partial charge in [-0.2, -0.15) is 0 Å². The first-order valence-electron chi connectivity index (χ1n) is 6.73. The van der Waals surface area contributed by atoms with E-state index in [0.717, 1.165) is 44.6 Å². The van der Waals surface area contributed by atoms with Crippen molar-refractivity contribution in [1.82, 2.24) is 0 Å². The molecule has 1 atom stereocenters. The third-order valence-electron chi connectivity index (χ3n) is 3.29. The second-order valence-electron chi connectivity index (χ2n) is 4.91. The fraction of sp³-hybridized carbons (Fsp3) is 0.571. The second-order valence-corrected chi connectivity index (χ2v) is 5.73. The van der Waals surface area contributed by atoms with Crippen LogP contribution in [0.4, 0.5) is 11.4 Å². The highest BCUT2D eigenvalue weighted by Crippen LogP contribution is 2.37. The molecule has 1 aliphatic rings. The van der Waals surface area contributed by atoms with Gasteiger partial charge in [0.15, 0.2) is 0 Å². The molecule has 3 nitrogen and oxygen atoms in total. The summed E-state index contributed by atoms with van der Waals surface area (Å²) in [5.41, 5.74) is 7.21. The molecule has 1 fully saturated rings. The maximum atomic E-state index is 6.27. The number of anilines is 2. The summed E-state index contributed by atoms with van der Waals surface area (Å²) in [6.45, 7) is 4.72. The summed E-state index contributed by atoms with van der Waals surface area (Å²) in [6.07, 6.45) is 3.49. The molecule has 0 amide bonds. The quantitative estimate of drug-likeness (QED) is 0.855.